The second-order valence-electron chi connectivity index (χ2n) is 4.94. The molecule has 0 aliphatic carbocycles. The molecule has 1 amide bonds. The number of nitrogens with one attached hydrogen (secondary N) is 1. The monoisotopic (exact) mass is 355 g/mol. The molecule has 22 heavy (non-hydrogen) atoms. The molecule has 0 radical (unpaired) electrons. The van der Waals surface area contributed by atoms with E-state index < -0.39 is 0 Å². The summed E-state index contributed by atoms with van der Waals surface area (Å²) >= 11 is 8.70. The van der Waals surface area contributed by atoms with Crippen molar-refractivity contribution in [2.75, 3.05) is 5.32 Å². The van der Waals surface area contributed by atoms with Gasteiger partial charge < -0.3 is 0 Å². The third-order valence-electron chi connectivity index (χ3n) is 2.95. The average Bonchev–Trinajstić information content (AvgIpc) is 3.04. The maximum absolute atomic E-state index is 13.3. The summed E-state index contributed by atoms with van der Waals surface area (Å²) in [6.07, 6.45) is 0. The summed E-state index contributed by atoms with van der Waals surface area (Å²) in [4.78, 5) is 12.7. The summed E-state index contributed by atoms with van der Waals surface area (Å²) in [5.74, 6) is -0.472. The molecule has 4 nitrogen and oxygen atoms in total. The Balaban J connectivity index is 1.89. The Morgan fingerprint density at radius 1 is 1.32 bits per heavy atom. The van der Waals surface area contributed by atoms with Gasteiger partial charge in [-0.2, -0.15) is 0 Å². The van der Waals surface area contributed by atoms with E-state index in [0.29, 0.717) is 25.1 Å². The molecule has 0 spiro atoms. The van der Waals surface area contributed by atoms with Crippen LogP contribution in [0.4, 0.5) is 9.52 Å². The van der Waals surface area contributed by atoms with Gasteiger partial charge in [-0.15, -0.1) is 21.5 Å². The van der Waals surface area contributed by atoms with Crippen LogP contribution in [-0.2, 0) is 0 Å². The van der Waals surface area contributed by atoms with Crippen LogP contribution >= 0.6 is 34.3 Å². The fraction of sp³-hybridized carbons (Fsp3) is 0.214. The van der Waals surface area contributed by atoms with Crippen molar-refractivity contribution in [1.82, 2.24) is 10.2 Å². The van der Waals surface area contributed by atoms with Gasteiger partial charge in [-0.05, 0) is 18.2 Å². The zero-order chi connectivity index (χ0) is 15.9. The van der Waals surface area contributed by atoms with Gasteiger partial charge in [-0.25, -0.2) is 4.39 Å². The summed E-state index contributed by atoms with van der Waals surface area (Å²) < 4.78 is 13.9. The first-order chi connectivity index (χ1) is 10.5. The van der Waals surface area contributed by atoms with E-state index in [0.717, 1.165) is 16.3 Å². The number of halogens is 2. The van der Waals surface area contributed by atoms with Crippen molar-refractivity contribution >= 4 is 55.4 Å². The van der Waals surface area contributed by atoms with Gasteiger partial charge in [0, 0.05) is 16.0 Å². The van der Waals surface area contributed by atoms with Crippen molar-refractivity contribution in [2.45, 2.75) is 19.8 Å². The molecule has 0 bridgehead atoms. The maximum atomic E-state index is 13.3. The van der Waals surface area contributed by atoms with Crippen molar-refractivity contribution in [3.8, 4) is 0 Å². The number of fused-ring (bicyclic) bond motifs is 1. The summed E-state index contributed by atoms with van der Waals surface area (Å²) in [6, 6.07) is 4.26. The van der Waals surface area contributed by atoms with Gasteiger partial charge in [0.2, 0.25) is 5.13 Å². The minimum absolute atomic E-state index is 0.249. The van der Waals surface area contributed by atoms with E-state index in [1.807, 2.05) is 13.8 Å². The average molecular weight is 356 g/mol. The smallest absolute Gasteiger partial charge is 0.269 e. The molecule has 0 atom stereocenters. The Hall–Kier alpha value is -1.57. The highest BCUT2D eigenvalue weighted by Gasteiger charge is 2.19. The number of thiophene rings is 1. The quantitative estimate of drug-likeness (QED) is 0.725. The number of aromatic nitrogens is 2. The molecule has 0 saturated carbocycles. The zero-order valence-corrected chi connectivity index (χ0v) is 14.1. The number of carbonyl (C=O) groups is 1. The molecule has 3 aromatic rings. The molecule has 3 rings (SSSR count). The maximum Gasteiger partial charge on any atom is 0.269 e. The SMILES string of the molecule is CC(C)c1nnc(NC(=O)c2sc3cc(F)ccc3c2Cl)s1. The highest BCUT2D eigenvalue weighted by molar-refractivity contribution is 7.22. The molecule has 0 aliphatic heterocycles. The number of rotatable bonds is 3. The first-order valence-electron chi connectivity index (χ1n) is 6.48. The van der Waals surface area contributed by atoms with E-state index >= 15 is 0 Å². The van der Waals surface area contributed by atoms with Crippen molar-refractivity contribution in [1.29, 1.82) is 0 Å². The van der Waals surface area contributed by atoms with Gasteiger partial charge in [-0.3, -0.25) is 10.1 Å². The predicted molar refractivity (Wildman–Crippen MR) is 88.7 cm³/mol. The molecule has 1 aromatic carbocycles. The Morgan fingerprint density at radius 3 is 2.77 bits per heavy atom. The molecular formula is C14H11ClFN3OS2. The zero-order valence-electron chi connectivity index (χ0n) is 11.7. The topological polar surface area (TPSA) is 54.9 Å². The molecular weight excluding hydrogens is 345 g/mol. The van der Waals surface area contributed by atoms with E-state index in [9.17, 15) is 9.18 Å². The van der Waals surface area contributed by atoms with Crippen LogP contribution in [0.1, 0.15) is 34.4 Å². The molecule has 114 valence electrons. The van der Waals surface area contributed by atoms with Crippen LogP contribution in [0.2, 0.25) is 5.02 Å². The summed E-state index contributed by atoms with van der Waals surface area (Å²) in [7, 11) is 0. The normalized spacial score (nSPS) is 11.3. The minimum atomic E-state index is -0.363. The Bertz CT molecular complexity index is 859. The third kappa shape index (κ3) is 2.84. The minimum Gasteiger partial charge on any atom is -0.296 e. The van der Waals surface area contributed by atoms with Gasteiger partial charge >= 0.3 is 0 Å². The lowest BCUT2D eigenvalue weighted by Gasteiger charge is -1.98. The number of anilines is 1. The first kappa shape index (κ1) is 15.3. The van der Waals surface area contributed by atoms with Crippen LogP contribution in [0, 0.1) is 5.82 Å². The predicted octanol–water partition coefficient (Wildman–Crippen LogP) is 4.92. The van der Waals surface area contributed by atoms with Gasteiger partial charge in [0.25, 0.3) is 5.91 Å². The second kappa shape index (κ2) is 5.91. The lowest BCUT2D eigenvalue weighted by Crippen LogP contribution is -2.10. The largest absolute Gasteiger partial charge is 0.296 e. The highest BCUT2D eigenvalue weighted by atomic mass is 35.5. The van der Waals surface area contributed by atoms with Crippen LogP contribution < -0.4 is 5.32 Å². The molecule has 0 saturated heterocycles. The van der Waals surface area contributed by atoms with Crippen LogP contribution in [-0.4, -0.2) is 16.1 Å². The fourth-order valence-electron chi connectivity index (χ4n) is 1.86. The van der Waals surface area contributed by atoms with Crippen LogP contribution in [0.15, 0.2) is 18.2 Å². The van der Waals surface area contributed by atoms with E-state index in [1.54, 1.807) is 6.07 Å². The van der Waals surface area contributed by atoms with Gasteiger partial charge in [0.15, 0.2) is 0 Å². The van der Waals surface area contributed by atoms with E-state index in [4.69, 9.17) is 11.6 Å². The molecule has 0 aliphatic rings. The number of amides is 1. The van der Waals surface area contributed by atoms with Crippen LogP contribution in [0.3, 0.4) is 0 Å². The lowest BCUT2D eigenvalue weighted by atomic mass is 10.2. The van der Waals surface area contributed by atoms with E-state index in [2.05, 4.69) is 15.5 Å². The van der Waals surface area contributed by atoms with Gasteiger partial charge in [0.1, 0.15) is 15.7 Å². The van der Waals surface area contributed by atoms with Crippen molar-refractivity contribution in [3.05, 3.63) is 38.9 Å². The highest BCUT2D eigenvalue weighted by Crippen LogP contribution is 2.36. The van der Waals surface area contributed by atoms with Crippen molar-refractivity contribution in [2.24, 2.45) is 0 Å². The molecule has 1 N–H and O–H groups in total. The fourth-order valence-corrected chi connectivity index (χ4v) is 4.04. The molecule has 2 aromatic heterocycles. The van der Waals surface area contributed by atoms with Crippen LogP contribution in [0.5, 0.6) is 0 Å². The number of hydrogen-bond acceptors (Lipinski definition) is 5. The lowest BCUT2D eigenvalue weighted by molar-refractivity contribution is 0.103. The van der Waals surface area contributed by atoms with Crippen molar-refractivity contribution in [3.63, 3.8) is 0 Å². The standard InChI is InChI=1S/C14H11ClFN3OS2/c1-6(2)13-18-19-14(22-13)17-12(20)11-10(15)8-4-3-7(16)5-9(8)21-11/h3-6H,1-2H3,(H,17,19,20). The van der Waals surface area contributed by atoms with E-state index in [-0.39, 0.29) is 17.6 Å². The molecule has 2 heterocycles. The number of hydrogen-bond donors (Lipinski definition) is 1. The molecule has 0 unspecified atom stereocenters. The Morgan fingerprint density at radius 2 is 2.09 bits per heavy atom. The summed E-state index contributed by atoms with van der Waals surface area (Å²) in [5.41, 5.74) is 0. The molecule has 0 fully saturated rings. The van der Waals surface area contributed by atoms with Gasteiger partial charge in [-0.1, -0.05) is 36.8 Å². The number of nitrogens with zero attached hydrogens (tertiary/aromatic N) is 2. The first-order valence-corrected chi connectivity index (χ1v) is 8.49. The second-order valence-corrected chi connectivity index (χ2v) is 7.38. The number of carbonyl (C=O) groups excluding carboxylic acids is 1. The summed E-state index contributed by atoms with van der Waals surface area (Å²) in [5, 5.41) is 12.9. The summed E-state index contributed by atoms with van der Waals surface area (Å²) in [6.45, 7) is 4.01. The molecule has 8 heteroatoms. The van der Waals surface area contributed by atoms with E-state index in [1.165, 1.54) is 23.5 Å². The Labute approximate surface area is 138 Å². The van der Waals surface area contributed by atoms with Crippen molar-refractivity contribution < 1.29 is 9.18 Å². The Kier molecular flexibility index (Phi) is 4.12. The van der Waals surface area contributed by atoms with Gasteiger partial charge in [0.05, 0.1) is 5.02 Å². The third-order valence-corrected chi connectivity index (χ3v) is 5.75. The van der Waals surface area contributed by atoms with Crippen LogP contribution in [0.25, 0.3) is 10.1 Å². The number of benzene rings is 1.